The molecule has 0 amide bonds. The number of aromatic carboxylic acids is 1. The Balaban J connectivity index is 2.29. The number of benzene rings is 1. The van der Waals surface area contributed by atoms with Crippen LogP contribution in [0.3, 0.4) is 0 Å². The first-order chi connectivity index (χ1) is 11.0. The average molecular weight is 351 g/mol. The lowest BCUT2D eigenvalue weighted by Gasteiger charge is -2.07. The molecule has 0 aliphatic rings. The third-order valence-corrected chi connectivity index (χ3v) is 3.87. The number of nitrogens with zero attached hydrogens (tertiary/aromatic N) is 2. The minimum atomic E-state index is -1.09. The van der Waals surface area contributed by atoms with Crippen molar-refractivity contribution in [2.45, 2.75) is 13.3 Å². The van der Waals surface area contributed by atoms with Crippen molar-refractivity contribution >= 4 is 29.2 Å². The van der Waals surface area contributed by atoms with Crippen LogP contribution in [-0.2, 0) is 6.42 Å². The van der Waals surface area contributed by atoms with E-state index in [2.05, 4.69) is 5.10 Å². The average Bonchev–Trinajstić information content (AvgIpc) is 3.11. The molecule has 2 heterocycles. The highest BCUT2D eigenvalue weighted by atomic mass is 35.5. The zero-order chi connectivity index (χ0) is 16.6. The number of rotatable bonds is 4. The van der Waals surface area contributed by atoms with Crippen molar-refractivity contribution in [1.82, 2.24) is 9.78 Å². The Kier molecular flexibility index (Phi) is 4.15. The van der Waals surface area contributed by atoms with Crippen molar-refractivity contribution < 1.29 is 14.3 Å². The molecule has 1 N–H and O–H groups in total. The maximum Gasteiger partial charge on any atom is 0.356 e. The third-order valence-electron chi connectivity index (χ3n) is 3.42. The molecule has 1 aromatic carbocycles. The lowest BCUT2D eigenvalue weighted by atomic mass is 10.1. The first-order valence-electron chi connectivity index (χ1n) is 6.88. The Hall–Kier alpha value is -2.24. The Morgan fingerprint density at radius 3 is 2.43 bits per heavy atom. The van der Waals surface area contributed by atoms with Crippen molar-refractivity contribution in [1.29, 1.82) is 0 Å². The van der Waals surface area contributed by atoms with Crippen LogP contribution in [0.25, 0.3) is 17.1 Å². The van der Waals surface area contributed by atoms with Gasteiger partial charge in [0.2, 0.25) is 0 Å². The van der Waals surface area contributed by atoms with Crippen molar-refractivity contribution in [2.75, 3.05) is 0 Å². The number of hydrogen-bond donors (Lipinski definition) is 1. The van der Waals surface area contributed by atoms with E-state index in [-0.39, 0.29) is 10.9 Å². The fourth-order valence-electron chi connectivity index (χ4n) is 2.42. The summed E-state index contributed by atoms with van der Waals surface area (Å²) in [5.41, 5.74) is 1.82. The lowest BCUT2D eigenvalue weighted by molar-refractivity contribution is 0.0689. The predicted molar refractivity (Wildman–Crippen MR) is 87.6 cm³/mol. The Morgan fingerprint density at radius 1 is 1.22 bits per heavy atom. The van der Waals surface area contributed by atoms with Gasteiger partial charge in [-0.1, -0.05) is 18.5 Å². The smallest absolute Gasteiger partial charge is 0.356 e. The van der Waals surface area contributed by atoms with Crippen molar-refractivity contribution in [3.8, 4) is 17.1 Å². The number of carbonyl (C=O) groups is 1. The zero-order valence-electron chi connectivity index (χ0n) is 12.1. The highest BCUT2D eigenvalue weighted by Gasteiger charge is 2.25. The molecule has 0 atom stereocenters. The molecular weight excluding hydrogens is 339 g/mol. The first-order valence-corrected chi connectivity index (χ1v) is 7.63. The van der Waals surface area contributed by atoms with E-state index in [1.165, 1.54) is 4.68 Å². The van der Waals surface area contributed by atoms with Gasteiger partial charge in [0.1, 0.15) is 5.69 Å². The molecule has 0 unspecified atom stereocenters. The summed E-state index contributed by atoms with van der Waals surface area (Å²) in [6, 6.07) is 10.2. The molecule has 5 nitrogen and oxygen atoms in total. The van der Waals surface area contributed by atoms with Crippen LogP contribution in [0, 0.1) is 0 Å². The van der Waals surface area contributed by atoms with Gasteiger partial charge in [-0.2, -0.15) is 5.10 Å². The lowest BCUT2D eigenvalue weighted by Crippen LogP contribution is -2.02. The molecule has 0 radical (unpaired) electrons. The molecule has 7 heteroatoms. The van der Waals surface area contributed by atoms with Gasteiger partial charge in [-0.05, 0) is 54.4 Å². The predicted octanol–water partition coefficient (Wildman–Crippen LogP) is 4.70. The minimum Gasteiger partial charge on any atom is -0.476 e. The number of carboxylic acids is 1. The Morgan fingerprint density at radius 2 is 1.91 bits per heavy atom. The molecule has 0 bridgehead atoms. The van der Waals surface area contributed by atoms with Crippen LogP contribution in [0.5, 0.6) is 0 Å². The SMILES string of the molecule is CCc1c(C(=O)O)nn(-c2ccc(Cl)cc2)c1-c1ccc(Cl)o1. The number of carboxylic acid groups (broad SMARTS) is 1. The van der Waals surface area contributed by atoms with E-state index in [0.717, 1.165) is 0 Å². The van der Waals surface area contributed by atoms with E-state index in [1.807, 2.05) is 6.92 Å². The Bertz CT molecular complexity index is 866. The standard InChI is InChI=1S/C16H12Cl2N2O3/c1-2-11-14(16(21)22)19-20(10-5-3-9(17)4-6-10)15(11)12-7-8-13(18)23-12/h3-8H,2H2,1H3,(H,21,22). The third kappa shape index (κ3) is 2.85. The maximum atomic E-state index is 11.5. The van der Waals surface area contributed by atoms with Gasteiger partial charge in [-0.3, -0.25) is 0 Å². The monoisotopic (exact) mass is 350 g/mol. The van der Waals surface area contributed by atoms with E-state index < -0.39 is 5.97 Å². The second-order valence-electron chi connectivity index (χ2n) is 4.83. The number of halogens is 2. The van der Waals surface area contributed by atoms with E-state index in [0.29, 0.717) is 34.1 Å². The molecule has 3 aromatic rings. The minimum absolute atomic E-state index is 0.00928. The molecule has 0 saturated heterocycles. The largest absolute Gasteiger partial charge is 0.476 e. The molecule has 118 valence electrons. The molecule has 0 aliphatic carbocycles. The fraction of sp³-hybridized carbons (Fsp3) is 0.125. The van der Waals surface area contributed by atoms with Crippen molar-refractivity contribution in [2.24, 2.45) is 0 Å². The zero-order valence-corrected chi connectivity index (χ0v) is 13.6. The second-order valence-corrected chi connectivity index (χ2v) is 5.64. The molecule has 2 aromatic heterocycles. The summed E-state index contributed by atoms with van der Waals surface area (Å²) in [4.78, 5) is 11.5. The summed E-state index contributed by atoms with van der Waals surface area (Å²) in [5, 5.41) is 14.5. The van der Waals surface area contributed by atoms with Gasteiger partial charge in [-0.25, -0.2) is 9.48 Å². The summed E-state index contributed by atoms with van der Waals surface area (Å²) < 4.78 is 7.01. The van der Waals surface area contributed by atoms with Gasteiger partial charge in [0, 0.05) is 10.6 Å². The van der Waals surface area contributed by atoms with E-state index in [1.54, 1.807) is 36.4 Å². The van der Waals surface area contributed by atoms with Crippen LogP contribution < -0.4 is 0 Å². The quantitative estimate of drug-likeness (QED) is 0.740. The number of hydrogen-bond acceptors (Lipinski definition) is 3. The summed E-state index contributed by atoms with van der Waals surface area (Å²) in [5.74, 6) is -0.629. The Labute approximate surface area is 142 Å². The molecule has 0 aliphatic heterocycles. The van der Waals surface area contributed by atoms with E-state index in [4.69, 9.17) is 27.6 Å². The van der Waals surface area contributed by atoms with E-state index in [9.17, 15) is 9.90 Å². The highest BCUT2D eigenvalue weighted by molar-refractivity contribution is 6.30. The van der Waals surface area contributed by atoms with Gasteiger partial charge < -0.3 is 9.52 Å². The number of furan rings is 1. The van der Waals surface area contributed by atoms with Crippen LogP contribution in [0.2, 0.25) is 10.2 Å². The van der Waals surface area contributed by atoms with Crippen LogP contribution in [0.15, 0.2) is 40.8 Å². The topological polar surface area (TPSA) is 68.3 Å². The van der Waals surface area contributed by atoms with Crippen molar-refractivity contribution in [3.63, 3.8) is 0 Å². The molecule has 23 heavy (non-hydrogen) atoms. The van der Waals surface area contributed by atoms with Gasteiger partial charge >= 0.3 is 5.97 Å². The molecule has 3 rings (SSSR count). The molecule has 0 saturated carbocycles. The highest BCUT2D eigenvalue weighted by Crippen LogP contribution is 2.32. The van der Waals surface area contributed by atoms with Crippen molar-refractivity contribution in [3.05, 3.63) is 57.9 Å². The maximum absolute atomic E-state index is 11.5. The van der Waals surface area contributed by atoms with Crippen LogP contribution >= 0.6 is 23.2 Å². The molecule has 0 fully saturated rings. The van der Waals surface area contributed by atoms with E-state index >= 15 is 0 Å². The summed E-state index contributed by atoms with van der Waals surface area (Å²) in [6.45, 7) is 1.86. The van der Waals surface area contributed by atoms with Gasteiger partial charge in [0.25, 0.3) is 0 Å². The summed E-state index contributed by atoms with van der Waals surface area (Å²) >= 11 is 11.8. The normalized spacial score (nSPS) is 10.9. The van der Waals surface area contributed by atoms with Gasteiger partial charge in [0.05, 0.1) is 5.69 Å². The van der Waals surface area contributed by atoms with Crippen LogP contribution in [-0.4, -0.2) is 20.9 Å². The van der Waals surface area contributed by atoms with Crippen LogP contribution in [0.4, 0.5) is 0 Å². The van der Waals surface area contributed by atoms with Crippen LogP contribution in [0.1, 0.15) is 23.0 Å². The summed E-state index contributed by atoms with van der Waals surface area (Å²) in [7, 11) is 0. The second kappa shape index (κ2) is 6.10. The summed E-state index contributed by atoms with van der Waals surface area (Å²) in [6.07, 6.45) is 0.489. The first kappa shape index (κ1) is 15.6. The fourth-order valence-corrected chi connectivity index (χ4v) is 2.69. The molecular formula is C16H12Cl2N2O3. The number of aromatic nitrogens is 2. The van der Waals surface area contributed by atoms with Gasteiger partial charge in [-0.15, -0.1) is 0 Å². The van der Waals surface area contributed by atoms with Gasteiger partial charge in [0.15, 0.2) is 16.7 Å². The molecule has 0 spiro atoms.